The van der Waals surface area contributed by atoms with Gasteiger partial charge in [0.15, 0.2) is 5.78 Å². The number of hydrogen-bond acceptors (Lipinski definition) is 8. The van der Waals surface area contributed by atoms with Crippen LogP contribution in [0, 0.1) is 0 Å². The number of nitrogens with one attached hydrogen (secondary N) is 1. The molecule has 0 spiro atoms. The van der Waals surface area contributed by atoms with Gasteiger partial charge in [-0.1, -0.05) is 31.8 Å². The van der Waals surface area contributed by atoms with E-state index in [1.807, 2.05) is 0 Å². The van der Waals surface area contributed by atoms with Gasteiger partial charge in [-0.25, -0.2) is 4.68 Å². The van der Waals surface area contributed by atoms with Crippen LogP contribution in [-0.4, -0.2) is 59.8 Å². The molecule has 0 fully saturated rings. The van der Waals surface area contributed by atoms with Crippen LogP contribution in [0.25, 0.3) is 0 Å². The van der Waals surface area contributed by atoms with Crippen LogP contribution in [0.4, 0.5) is 5.69 Å². The number of aromatic nitrogens is 2. The van der Waals surface area contributed by atoms with E-state index in [0.717, 1.165) is 15.8 Å². The standard InChI is InChI=1S/C23H30N4O6Si/c1-15(13-33-27-21(29)17-8-6-7-9-18(17)22(27)30)25-19-12-24-26(23(31)20(19)16(2)28)14-32-10-11-34(3,4)5/h6-9,12,15,25H,10-11,13-14H2,1-5H3/t15-/m0/s1. The highest BCUT2D eigenvalue weighted by atomic mass is 28.3. The average Bonchev–Trinajstić information content (AvgIpc) is 3.00. The summed E-state index contributed by atoms with van der Waals surface area (Å²) in [5, 5.41) is 7.85. The van der Waals surface area contributed by atoms with Gasteiger partial charge in [0.05, 0.1) is 29.6 Å². The molecule has 1 aliphatic heterocycles. The van der Waals surface area contributed by atoms with E-state index in [1.165, 1.54) is 13.1 Å². The Kier molecular flexibility index (Phi) is 7.80. The fourth-order valence-electron chi connectivity index (χ4n) is 3.34. The highest BCUT2D eigenvalue weighted by Gasteiger charge is 2.36. The molecule has 11 heteroatoms. The molecule has 34 heavy (non-hydrogen) atoms. The van der Waals surface area contributed by atoms with E-state index < -0.39 is 37.3 Å². The number of ether oxygens (including phenoxy) is 1. The molecule has 10 nitrogen and oxygen atoms in total. The molecule has 2 aromatic rings. The summed E-state index contributed by atoms with van der Waals surface area (Å²) in [7, 11) is -1.26. The van der Waals surface area contributed by atoms with E-state index in [4.69, 9.17) is 9.57 Å². The number of rotatable bonds is 11. The molecule has 1 aliphatic rings. The molecule has 0 aliphatic carbocycles. The predicted octanol–water partition coefficient (Wildman–Crippen LogP) is 2.79. The largest absolute Gasteiger partial charge is 0.378 e. The molecule has 1 aromatic heterocycles. The van der Waals surface area contributed by atoms with Crippen LogP contribution in [0.3, 0.4) is 0 Å². The molecule has 2 amide bonds. The molecule has 1 aromatic carbocycles. The lowest BCUT2D eigenvalue weighted by molar-refractivity contribution is -0.0929. The van der Waals surface area contributed by atoms with Gasteiger partial charge in [-0.05, 0) is 32.0 Å². The van der Waals surface area contributed by atoms with Crippen molar-refractivity contribution in [3.8, 4) is 0 Å². The molecule has 0 bridgehead atoms. The van der Waals surface area contributed by atoms with E-state index in [1.54, 1.807) is 31.2 Å². The van der Waals surface area contributed by atoms with Crippen molar-refractivity contribution < 1.29 is 24.0 Å². The van der Waals surface area contributed by atoms with Gasteiger partial charge in [-0.3, -0.25) is 24.0 Å². The van der Waals surface area contributed by atoms with Crippen molar-refractivity contribution in [2.75, 3.05) is 18.5 Å². The van der Waals surface area contributed by atoms with E-state index >= 15 is 0 Å². The molecule has 182 valence electrons. The summed E-state index contributed by atoms with van der Waals surface area (Å²) in [4.78, 5) is 55.3. The maximum atomic E-state index is 12.8. The number of fused-ring (bicyclic) bond motifs is 1. The number of nitrogens with zero attached hydrogens (tertiary/aromatic N) is 3. The van der Waals surface area contributed by atoms with Gasteiger partial charge >= 0.3 is 0 Å². The summed E-state index contributed by atoms with van der Waals surface area (Å²) in [6.07, 6.45) is 1.39. The Hall–Kier alpha value is -3.15. The second kappa shape index (κ2) is 10.4. The number of anilines is 1. The van der Waals surface area contributed by atoms with E-state index in [0.29, 0.717) is 6.61 Å². The van der Waals surface area contributed by atoms with Gasteiger partial charge in [0.2, 0.25) is 0 Å². The van der Waals surface area contributed by atoms with Crippen molar-refractivity contribution in [2.45, 2.75) is 52.3 Å². The van der Waals surface area contributed by atoms with Crippen molar-refractivity contribution in [1.82, 2.24) is 14.8 Å². The van der Waals surface area contributed by atoms with E-state index in [2.05, 4.69) is 30.1 Å². The lowest BCUT2D eigenvalue weighted by atomic mass is 10.1. The van der Waals surface area contributed by atoms with Crippen molar-refractivity contribution in [1.29, 1.82) is 0 Å². The van der Waals surface area contributed by atoms with Gasteiger partial charge < -0.3 is 10.1 Å². The maximum Gasteiger partial charge on any atom is 0.285 e. The van der Waals surface area contributed by atoms with Gasteiger partial charge in [-0.15, -0.1) is 5.06 Å². The molecular formula is C23H30N4O6Si. The van der Waals surface area contributed by atoms with Gasteiger partial charge in [0.25, 0.3) is 17.4 Å². The number of benzene rings is 1. The smallest absolute Gasteiger partial charge is 0.285 e. The Morgan fingerprint density at radius 2 is 1.74 bits per heavy atom. The zero-order valence-electron chi connectivity index (χ0n) is 20.1. The first-order valence-electron chi connectivity index (χ1n) is 11.1. The molecule has 1 N–H and O–H groups in total. The number of imide groups is 1. The van der Waals surface area contributed by atoms with E-state index in [9.17, 15) is 19.2 Å². The van der Waals surface area contributed by atoms with Crippen molar-refractivity contribution >= 4 is 31.4 Å². The SMILES string of the molecule is CC(=O)c1c(N[C@@H](C)CON2C(=O)c3ccccc3C2=O)cnn(COCC[Si](C)(C)C)c1=O. The van der Waals surface area contributed by atoms with Crippen molar-refractivity contribution in [2.24, 2.45) is 0 Å². The third-order valence-electron chi connectivity index (χ3n) is 5.22. The van der Waals surface area contributed by atoms with Crippen molar-refractivity contribution in [3.05, 3.63) is 57.5 Å². The van der Waals surface area contributed by atoms with E-state index in [-0.39, 0.29) is 35.7 Å². The highest BCUT2D eigenvalue weighted by molar-refractivity contribution is 6.76. The Labute approximate surface area is 198 Å². The third-order valence-corrected chi connectivity index (χ3v) is 6.92. The molecule has 2 heterocycles. The second-order valence-electron chi connectivity index (χ2n) is 9.43. The Morgan fingerprint density at radius 3 is 2.29 bits per heavy atom. The average molecular weight is 487 g/mol. The third kappa shape index (κ3) is 5.85. The number of carbonyl (C=O) groups excluding carboxylic acids is 3. The van der Waals surface area contributed by atoms with Crippen molar-refractivity contribution in [3.63, 3.8) is 0 Å². The summed E-state index contributed by atoms with van der Waals surface area (Å²) in [6.45, 7) is 10.1. The van der Waals surface area contributed by atoms with Crippen LogP contribution < -0.4 is 10.9 Å². The number of ketones is 1. The number of Topliss-reactive ketones (excluding diaryl/α,β-unsaturated/α-hetero) is 1. The summed E-state index contributed by atoms with van der Waals surface area (Å²) in [5.74, 6) is -1.48. The Morgan fingerprint density at radius 1 is 1.12 bits per heavy atom. The summed E-state index contributed by atoms with van der Waals surface area (Å²) >= 11 is 0. The molecule has 3 rings (SSSR count). The monoisotopic (exact) mass is 486 g/mol. The van der Waals surface area contributed by atoms with Gasteiger partial charge in [0.1, 0.15) is 12.3 Å². The van der Waals surface area contributed by atoms with Crippen LogP contribution in [0.15, 0.2) is 35.3 Å². The molecule has 0 saturated heterocycles. The number of hydroxylamine groups is 2. The lowest BCUT2D eigenvalue weighted by Crippen LogP contribution is -2.36. The van der Waals surface area contributed by atoms with Crippen LogP contribution in [0.5, 0.6) is 0 Å². The topological polar surface area (TPSA) is 120 Å². The highest BCUT2D eigenvalue weighted by Crippen LogP contribution is 2.23. The first kappa shape index (κ1) is 25.5. The first-order valence-corrected chi connectivity index (χ1v) is 14.8. The summed E-state index contributed by atoms with van der Waals surface area (Å²) < 4.78 is 6.71. The van der Waals surface area contributed by atoms with Gasteiger partial charge in [-0.2, -0.15) is 5.10 Å². The minimum atomic E-state index is -1.26. The fourth-order valence-corrected chi connectivity index (χ4v) is 4.09. The van der Waals surface area contributed by atoms with Crippen LogP contribution >= 0.6 is 0 Å². The minimum absolute atomic E-state index is 0.0394. The van der Waals surface area contributed by atoms with Gasteiger partial charge in [0, 0.05) is 20.7 Å². The molecule has 0 radical (unpaired) electrons. The Balaban J connectivity index is 1.64. The first-order chi connectivity index (χ1) is 16.0. The maximum absolute atomic E-state index is 12.8. The zero-order chi connectivity index (χ0) is 25.0. The predicted molar refractivity (Wildman–Crippen MR) is 129 cm³/mol. The second-order valence-corrected chi connectivity index (χ2v) is 15.1. The summed E-state index contributed by atoms with van der Waals surface area (Å²) in [5.41, 5.74) is 0.211. The fraction of sp³-hybridized carbons (Fsp3) is 0.435. The molecule has 1 atom stereocenters. The number of hydrogen-bond donors (Lipinski definition) is 1. The minimum Gasteiger partial charge on any atom is -0.378 e. The van der Waals surface area contributed by atoms with Crippen LogP contribution in [0.2, 0.25) is 25.7 Å². The lowest BCUT2D eigenvalue weighted by Gasteiger charge is -2.20. The molecule has 0 unspecified atom stereocenters. The van der Waals surface area contributed by atoms with Crippen LogP contribution in [0.1, 0.15) is 44.9 Å². The zero-order valence-corrected chi connectivity index (χ0v) is 21.1. The normalized spacial score (nSPS) is 14.3. The molecular weight excluding hydrogens is 456 g/mol. The Bertz CT molecular complexity index is 1120. The number of amides is 2. The number of carbonyl (C=O) groups is 3. The molecule has 0 saturated carbocycles. The summed E-state index contributed by atoms with van der Waals surface area (Å²) in [6, 6.07) is 6.98. The quantitative estimate of drug-likeness (QED) is 0.223. The van der Waals surface area contributed by atoms with Crippen LogP contribution in [-0.2, 0) is 16.3 Å².